The van der Waals surface area contributed by atoms with Crippen molar-refractivity contribution in [3.05, 3.63) is 46.6 Å². The molecule has 2 N–H and O–H groups in total. The van der Waals surface area contributed by atoms with Gasteiger partial charge in [0.1, 0.15) is 0 Å². The van der Waals surface area contributed by atoms with E-state index in [1.54, 1.807) is 0 Å². The van der Waals surface area contributed by atoms with E-state index in [1.165, 1.54) is 0 Å². The van der Waals surface area contributed by atoms with Crippen LogP contribution in [-0.4, -0.2) is 10.1 Å². The zero-order valence-corrected chi connectivity index (χ0v) is 11.9. The maximum atomic E-state index is 6.01. The normalized spacial score (nSPS) is 12.9. The number of benzene rings is 1. The van der Waals surface area contributed by atoms with E-state index in [4.69, 9.17) is 21.9 Å². The highest BCUT2D eigenvalue weighted by Crippen LogP contribution is 2.18. The van der Waals surface area contributed by atoms with Crippen molar-refractivity contribution >= 4 is 11.6 Å². The fraction of sp³-hybridized carbons (Fsp3) is 0.429. The van der Waals surface area contributed by atoms with E-state index in [0.717, 1.165) is 12.0 Å². The zero-order valence-electron chi connectivity index (χ0n) is 11.1. The maximum Gasteiger partial charge on any atom is 0.243 e. The van der Waals surface area contributed by atoms with E-state index in [-0.39, 0.29) is 6.04 Å². The average Bonchev–Trinajstić information content (AvgIpc) is 2.76. The standard InChI is InChI=1S/C14H18ClN3O/c1-9(2)6-12(16)14-17-13(18-19-14)8-10-4-3-5-11(15)7-10/h3-5,7,9,12H,6,8,16H2,1-2H3/t12-/m1/s1. The summed E-state index contributed by atoms with van der Waals surface area (Å²) in [5.74, 6) is 1.64. The van der Waals surface area contributed by atoms with Crippen molar-refractivity contribution in [3.63, 3.8) is 0 Å². The van der Waals surface area contributed by atoms with Crippen LogP contribution in [0.3, 0.4) is 0 Å². The molecule has 0 radical (unpaired) electrons. The van der Waals surface area contributed by atoms with E-state index in [9.17, 15) is 0 Å². The van der Waals surface area contributed by atoms with E-state index in [1.807, 2.05) is 24.3 Å². The Kier molecular flexibility index (Phi) is 4.56. The summed E-state index contributed by atoms with van der Waals surface area (Å²) in [6.45, 7) is 4.23. The largest absolute Gasteiger partial charge is 0.338 e. The summed E-state index contributed by atoms with van der Waals surface area (Å²) in [7, 11) is 0. The third kappa shape index (κ3) is 4.04. The highest BCUT2D eigenvalue weighted by atomic mass is 35.5. The lowest BCUT2D eigenvalue weighted by Gasteiger charge is -2.08. The second-order valence-corrected chi connectivity index (χ2v) is 5.53. The number of aromatic nitrogens is 2. The summed E-state index contributed by atoms with van der Waals surface area (Å²) in [5, 5.41) is 4.67. The number of hydrogen-bond acceptors (Lipinski definition) is 4. The van der Waals surface area contributed by atoms with Gasteiger partial charge in [-0.1, -0.05) is 42.7 Å². The first-order chi connectivity index (χ1) is 9.04. The molecule has 0 bridgehead atoms. The monoisotopic (exact) mass is 279 g/mol. The molecule has 0 unspecified atom stereocenters. The van der Waals surface area contributed by atoms with E-state index in [0.29, 0.717) is 29.1 Å². The van der Waals surface area contributed by atoms with Crippen molar-refractivity contribution < 1.29 is 4.52 Å². The van der Waals surface area contributed by atoms with Crippen LogP contribution in [0.1, 0.15) is 43.6 Å². The van der Waals surface area contributed by atoms with Crippen LogP contribution in [0.15, 0.2) is 28.8 Å². The van der Waals surface area contributed by atoms with Crippen molar-refractivity contribution in [1.82, 2.24) is 10.1 Å². The molecule has 4 nitrogen and oxygen atoms in total. The topological polar surface area (TPSA) is 64.9 Å². The van der Waals surface area contributed by atoms with E-state index in [2.05, 4.69) is 24.0 Å². The number of halogens is 1. The third-order valence-electron chi connectivity index (χ3n) is 2.78. The van der Waals surface area contributed by atoms with E-state index >= 15 is 0 Å². The summed E-state index contributed by atoms with van der Waals surface area (Å²) >= 11 is 5.94. The second-order valence-electron chi connectivity index (χ2n) is 5.09. The quantitative estimate of drug-likeness (QED) is 0.911. The van der Waals surface area contributed by atoms with Gasteiger partial charge in [-0.15, -0.1) is 0 Å². The average molecular weight is 280 g/mol. The minimum atomic E-state index is -0.194. The van der Waals surface area contributed by atoms with Gasteiger partial charge in [0.15, 0.2) is 5.82 Å². The lowest BCUT2D eigenvalue weighted by Crippen LogP contribution is -2.13. The van der Waals surface area contributed by atoms with Crippen molar-refractivity contribution in [2.75, 3.05) is 0 Å². The van der Waals surface area contributed by atoms with Crippen LogP contribution in [0.2, 0.25) is 5.02 Å². The molecule has 0 saturated heterocycles. The van der Waals surface area contributed by atoms with Gasteiger partial charge in [-0.25, -0.2) is 0 Å². The van der Waals surface area contributed by atoms with Crippen LogP contribution >= 0.6 is 11.6 Å². The second kappa shape index (κ2) is 6.17. The number of rotatable bonds is 5. The van der Waals surface area contributed by atoms with Crippen molar-refractivity contribution in [3.8, 4) is 0 Å². The Morgan fingerprint density at radius 1 is 1.37 bits per heavy atom. The Bertz CT molecular complexity index is 539. The van der Waals surface area contributed by atoms with Gasteiger partial charge in [0.2, 0.25) is 5.89 Å². The maximum absolute atomic E-state index is 6.01. The molecule has 0 aliphatic heterocycles. The third-order valence-corrected chi connectivity index (χ3v) is 3.01. The van der Waals surface area contributed by atoms with Gasteiger partial charge in [0.25, 0.3) is 0 Å². The molecule has 0 fully saturated rings. The van der Waals surface area contributed by atoms with Crippen molar-refractivity contribution in [2.45, 2.75) is 32.7 Å². The highest BCUT2D eigenvalue weighted by Gasteiger charge is 2.16. The van der Waals surface area contributed by atoms with Crippen LogP contribution in [-0.2, 0) is 6.42 Å². The van der Waals surface area contributed by atoms with Gasteiger partial charge >= 0.3 is 0 Å². The molecule has 102 valence electrons. The molecule has 1 aromatic heterocycles. The van der Waals surface area contributed by atoms with Crippen molar-refractivity contribution in [1.29, 1.82) is 0 Å². The molecule has 5 heteroatoms. The highest BCUT2D eigenvalue weighted by molar-refractivity contribution is 6.30. The smallest absolute Gasteiger partial charge is 0.243 e. The van der Waals surface area contributed by atoms with Gasteiger partial charge in [-0.2, -0.15) is 4.98 Å². The number of nitrogens with two attached hydrogens (primary N) is 1. The molecule has 0 aliphatic carbocycles. The Morgan fingerprint density at radius 3 is 2.84 bits per heavy atom. The lowest BCUT2D eigenvalue weighted by atomic mass is 10.0. The predicted molar refractivity (Wildman–Crippen MR) is 74.9 cm³/mol. The fourth-order valence-electron chi connectivity index (χ4n) is 1.93. The van der Waals surface area contributed by atoms with Crippen LogP contribution in [0.5, 0.6) is 0 Å². The van der Waals surface area contributed by atoms with Gasteiger partial charge in [-0.3, -0.25) is 0 Å². The lowest BCUT2D eigenvalue weighted by molar-refractivity contribution is 0.333. The first-order valence-electron chi connectivity index (χ1n) is 6.37. The van der Waals surface area contributed by atoms with Crippen molar-refractivity contribution in [2.24, 2.45) is 11.7 Å². The SMILES string of the molecule is CC(C)C[C@@H](N)c1nc(Cc2cccc(Cl)c2)no1. The molecule has 0 amide bonds. The summed E-state index contributed by atoms with van der Waals surface area (Å²) in [6, 6.07) is 7.43. The van der Waals surface area contributed by atoms with Gasteiger partial charge < -0.3 is 10.3 Å². The fourth-order valence-corrected chi connectivity index (χ4v) is 2.14. The molecular weight excluding hydrogens is 262 g/mol. The first kappa shape index (κ1) is 14.0. The van der Waals surface area contributed by atoms with Crippen LogP contribution in [0.25, 0.3) is 0 Å². The van der Waals surface area contributed by atoms with Crippen LogP contribution in [0.4, 0.5) is 0 Å². The van der Waals surface area contributed by atoms with Gasteiger partial charge in [0, 0.05) is 11.4 Å². The molecule has 0 saturated carbocycles. The van der Waals surface area contributed by atoms with Crippen LogP contribution in [0, 0.1) is 5.92 Å². The molecule has 1 aromatic carbocycles. The Hall–Kier alpha value is -1.39. The zero-order chi connectivity index (χ0) is 13.8. The molecule has 19 heavy (non-hydrogen) atoms. The molecular formula is C14H18ClN3O. The van der Waals surface area contributed by atoms with E-state index < -0.39 is 0 Å². The molecule has 0 aliphatic rings. The summed E-state index contributed by atoms with van der Waals surface area (Å²) < 4.78 is 5.21. The first-order valence-corrected chi connectivity index (χ1v) is 6.75. The molecule has 2 rings (SSSR count). The molecule has 1 heterocycles. The minimum Gasteiger partial charge on any atom is -0.338 e. The number of hydrogen-bond donors (Lipinski definition) is 1. The predicted octanol–water partition coefficient (Wildman–Crippen LogP) is 3.36. The molecule has 0 spiro atoms. The Balaban J connectivity index is 2.05. The number of nitrogens with zero attached hydrogens (tertiary/aromatic N) is 2. The Labute approximate surface area is 118 Å². The van der Waals surface area contributed by atoms with Gasteiger partial charge in [0.05, 0.1) is 6.04 Å². The summed E-state index contributed by atoms with van der Waals surface area (Å²) in [4.78, 5) is 4.34. The minimum absolute atomic E-state index is 0.194. The molecule has 1 atom stereocenters. The van der Waals surface area contributed by atoms with Gasteiger partial charge in [-0.05, 0) is 30.0 Å². The van der Waals surface area contributed by atoms with Crippen LogP contribution < -0.4 is 5.73 Å². The molecule has 2 aromatic rings. The summed E-state index contributed by atoms with van der Waals surface area (Å²) in [5.41, 5.74) is 7.06. The Morgan fingerprint density at radius 2 is 2.16 bits per heavy atom. The summed E-state index contributed by atoms with van der Waals surface area (Å²) in [6.07, 6.45) is 1.43.